The maximum Gasteiger partial charge on any atom is 0.147 e. The predicted molar refractivity (Wildman–Crippen MR) is 145 cm³/mol. The van der Waals surface area contributed by atoms with Crippen LogP contribution in [-0.4, -0.2) is 23.9 Å². The monoisotopic (exact) mass is 472 g/mol. The molecule has 0 fully saturated rings. The van der Waals surface area contributed by atoms with Gasteiger partial charge in [0, 0.05) is 6.54 Å². The molecule has 0 spiro atoms. The Labute approximate surface area is 210 Å². The summed E-state index contributed by atoms with van der Waals surface area (Å²) in [5.74, 6) is 6.96. The van der Waals surface area contributed by atoms with Gasteiger partial charge in [0.15, 0.2) is 0 Å². The largest absolute Gasteiger partial charge is 0.322 e. The fourth-order valence-electron chi connectivity index (χ4n) is 4.85. The van der Waals surface area contributed by atoms with E-state index in [0.29, 0.717) is 13.0 Å². The van der Waals surface area contributed by atoms with Gasteiger partial charge in [-0.2, -0.15) is 0 Å². The van der Waals surface area contributed by atoms with Gasteiger partial charge in [-0.1, -0.05) is 86.6 Å². The van der Waals surface area contributed by atoms with E-state index in [2.05, 4.69) is 92.0 Å². The zero-order valence-corrected chi connectivity index (χ0v) is 21.5. The van der Waals surface area contributed by atoms with Crippen molar-refractivity contribution >= 4 is 5.78 Å². The number of Topliss-reactive ketones (excluding diaryl/α,β-unsaturated/α-hetero) is 1. The molecule has 5 nitrogen and oxygen atoms in total. The van der Waals surface area contributed by atoms with Crippen LogP contribution in [0, 0.1) is 0 Å². The van der Waals surface area contributed by atoms with Crippen molar-refractivity contribution in [2.24, 2.45) is 11.6 Å². The maximum atomic E-state index is 11.8. The van der Waals surface area contributed by atoms with Crippen LogP contribution in [-0.2, 0) is 30.6 Å². The molecule has 5 heteroatoms. The summed E-state index contributed by atoms with van der Waals surface area (Å²) in [6.45, 7) is 6.51. The van der Waals surface area contributed by atoms with Gasteiger partial charge >= 0.3 is 0 Å². The molecule has 0 aliphatic carbocycles. The van der Waals surface area contributed by atoms with E-state index in [1.54, 1.807) is 6.92 Å². The molecule has 3 aromatic rings. The lowest BCUT2D eigenvalue weighted by atomic mass is 9.87. The molecule has 0 aromatic heterocycles. The van der Waals surface area contributed by atoms with E-state index in [-0.39, 0.29) is 23.9 Å². The highest BCUT2D eigenvalue weighted by Crippen LogP contribution is 2.35. The third-order valence-electron chi connectivity index (χ3n) is 6.91. The quantitative estimate of drug-likeness (QED) is 0.264. The van der Waals surface area contributed by atoms with Crippen molar-refractivity contribution in [2.75, 3.05) is 7.05 Å². The van der Waals surface area contributed by atoms with Crippen molar-refractivity contribution in [1.29, 1.82) is 0 Å². The van der Waals surface area contributed by atoms with Gasteiger partial charge in [0.2, 0.25) is 0 Å². The summed E-state index contributed by atoms with van der Waals surface area (Å²) in [7, 11) is 1.82. The molecule has 3 rings (SSSR count). The zero-order valence-electron chi connectivity index (χ0n) is 21.5. The van der Waals surface area contributed by atoms with Gasteiger partial charge < -0.3 is 11.1 Å². The van der Waals surface area contributed by atoms with Gasteiger partial charge in [0.25, 0.3) is 0 Å². The first kappa shape index (κ1) is 26.8. The summed E-state index contributed by atoms with van der Waals surface area (Å²) in [6.07, 6.45) is 2.51. The third-order valence-corrected chi connectivity index (χ3v) is 6.91. The Balaban J connectivity index is 1.90. The lowest BCUT2D eigenvalue weighted by Crippen LogP contribution is -2.41. The van der Waals surface area contributed by atoms with E-state index >= 15 is 0 Å². The average molecular weight is 473 g/mol. The van der Waals surface area contributed by atoms with Crippen LogP contribution in [0.3, 0.4) is 0 Å². The highest BCUT2D eigenvalue weighted by atomic mass is 16.1. The first-order valence-corrected chi connectivity index (χ1v) is 12.6. The normalized spacial score (nSPS) is 14.0. The molecule has 186 valence electrons. The average Bonchev–Trinajstić information content (AvgIpc) is 2.88. The predicted octanol–water partition coefficient (Wildman–Crippen LogP) is 4.65. The van der Waals surface area contributed by atoms with Crippen molar-refractivity contribution in [3.63, 3.8) is 0 Å². The summed E-state index contributed by atoms with van der Waals surface area (Å²) in [5.41, 5.74) is 14.0. The minimum absolute atomic E-state index is 0.142. The second-order valence-electron chi connectivity index (χ2n) is 9.22. The van der Waals surface area contributed by atoms with Crippen molar-refractivity contribution < 1.29 is 4.79 Å². The first-order chi connectivity index (χ1) is 16.9. The molecular weight excluding hydrogens is 432 g/mol. The van der Waals surface area contributed by atoms with Gasteiger partial charge in [0.05, 0.1) is 18.1 Å². The maximum absolute atomic E-state index is 11.8. The highest BCUT2D eigenvalue weighted by Gasteiger charge is 2.29. The summed E-state index contributed by atoms with van der Waals surface area (Å²) < 4.78 is 0. The number of nitrogens with zero attached hydrogens (tertiary/aromatic N) is 1. The number of carbonyl (C=O) groups excluding carboxylic acids is 1. The number of hydrogen-bond acceptors (Lipinski definition) is 5. The molecule has 3 aromatic carbocycles. The molecule has 35 heavy (non-hydrogen) atoms. The van der Waals surface area contributed by atoms with E-state index < -0.39 is 0 Å². The van der Waals surface area contributed by atoms with Gasteiger partial charge in [-0.25, -0.2) is 5.01 Å². The zero-order chi connectivity index (χ0) is 25.4. The van der Waals surface area contributed by atoms with Crippen LogP contribution < -0.4 is 16.9 Å². The van der Waals surface area contributed by atoms with E-state index in [1.807, 2.05) is 12.1 Å². The van der Waals surface area contributed by atoms with Crippen LogP contribution in [0.5, 0.6) is 0 Å². The summed E-state index contributed by atoms with van der Waals surface area (Å²) >= 11 is 0. The number of hydrogen-bond donors (Lipinski definition) is 3. The van der Waals surface area contributed by atoms with E-state index in [1.165, 1.54) is 16.7 Å². The Morgan fingerprint density at radius 2 is 1.37 bits per heavy atom. The van der Waals surface area contributed by atoms with Gasteiger partial charge in [0.1, 0.15) is 5.78 Å². The Morgan fingerprint density at radius 3 is 1.91 bits per heavy atom. The third kappa shape index (κ3) is 6.65. The van der Waals surface area contributed by atoms with E-state index in [9.17, 15) is 4.79 Å². The van der Waals surface area contributed by atoms with E-state index in [4.69, 9.17) is 11.6 Å². The SMILES string of the molecule is CCc1ccccc1C(N)C(c1ccccc1CC)N(N)Cc1ccc(CC(NC)C(C)=O)cc1. The lowest BCUT2D eigenvalue weighted by molar-refractivity contribution is -0.118. The van der Waals surface area contributed by atoms with Crippen LogP contribution in [0.25, 0.3) is 0 Å². The van der Waals surface area contributed by atoms with Crippen LogP contribution >= 0.6 is 0 Å². The topological polar surface area (TPSA) is 84.4 Å². The molecule has 0 bridgehead atoms. The fourth-order valence-corrected chi connectivity index (χ4v) is 4.85. The number of carbonyl (C=O) groups is 1. The Bertz CT molecular complexity index is 1100. The van der Waals surface area contributed by atoms with Crippen LogP contribution in [0.2, 0.25) is 0 Å². The Hall–Kier alpha value is -2.83. The van der Waals surface area contributed by atoms with Crippen LogP contribution in [0.1, 0.15) is 66.2 Å². The van der Waals surface area contributed by atoms with E-state index in [0.717, 1.165) is 29.5 Å². The molecule has 3 unspecified atom stereocenters. The summed E-state index contributed by atoms with van der Waals surface area (Å²) in [6, 6.07) is 24.6. The number of nitrogens with one attached hydrogen (secondary N) is 1. The molecule has 0 heterocycles. The number of ketones is 1. The summed E-state index contributed by atoms with van der Waals surface area (Å²) in [5, 5.41) is 4.97. The minimum Gasteiger partial charge on any atom is -0.322 e. The van der Waals surface area contributed by atoms with Gasteiger partial charge in [-0.15, -0.1) is 0 Å². The molecule has 0 aliphatic rings. The molecular formula is C30H40N4O. The number of aryl methyl sites for hydroxylation is 2. The number of hydrazine groups is 1. The molecule has 0 saturated carbocycles. The smallest absolute Gasteiger partial charge is 0.147 e. The first-order valence-electron chi connectivity index (χ1n) is 12.6. The molecule has 0 amide bonds. The lowest BCUT2D eigenvalue weighted by Gasteiger charge is -2.35. The number of benzene rings is 3. The Morgan fingerprint density at radius 1 is 0.857 bits per heavy atom. The second-order valence-corrected chi connectivity index (χ2v) is 9.22. The molecule has 5 N–H and O–H groups in total. The van der Waals surface area contributed by atoms with Gasteiger partial charge in [-0.3, -0.25) is 10.6 Å². The van der Waals surface area contributed by atoms with Crippen molar-refractivity contribution in [2.45, 2.75) is 64.7 Å². The number of likely N-dealkylation sites (N-methyl/N-ethyl adjacent to an activating group) is 1. The molecule has 3 atom stereocenters. The standard InChI is InChI=1S/C30H40N4O/c1-5-24-11-7-9-13-26(24)29(31)30(27-14-10-8-12-25(27)6-2)34(32)20-23-17-15-22(16-18-23)19-28(33-4)21(3)35/h7-18,28-30,33H,5-6,19-20,31-32H2,1-4H3. The van der Waals surface area contributed by atoms with Crippen molar-refractivity contribution in [3.05, 3.63) is 106 Å². The second kappa shape index (κ2) is 12.8. The van der Waals surface area contributed by atoms with Crippen LogP contribution in [0.15, 0.2) is 72.8 Å². The number of rotatable bonds is 12. The van der Waals surface area contributed by atoms with Gasteiger partial charge in [-0.05, 0) is 66.6 Å². The number of nitrogens with two attached hydrogens (primary N) is 2. The Kier molecular flexibility index (Phi) is 9.75. The highest BCUT2D eigenvalue weighted by molar-refractivity contribution is 5.81. The summed E-state index contributed by atoms with van der Waals surface area (Å²) in [4.78, 5) is 11.8. The fraction of sp³-hybridized carbons (Fsp3) is 0.367. The van der Waals surface area contributed by atoms with Crippen molar-refractivity contribution in [1.82, 2.24) is 10.3 Å². The molecule has 0 aliphatic heterocycles. The minimum atomic E-state index is -0.268. The van der Waals surface area contributed by atoms with Crippen LogP contribution in [0.4, 0.5) is 0 Å². The molecule has 0 radical (unpaired) electrons. The molecule has 0 saturated heterocycles. The van der Waals surface area contributed by atoms with Crippen molar-refractivity contribution in [3.8, 4) is 0 Å².